The molecule has 1 aliphatic rings. The van der Waals surface area contributed by atoms with Crippen LogP contribution in [0.25, 0.3) is 0 Å². The van der Waals surface area contributed by atoms with Gasteiger partial charge in [-0.15, -0.1) is 0 Å². The first kappa shape index (κ1) is 14.3. The summed E-state index contributed by atoms with van der Waals surface area (Å²) >= 11 is 8.93. The lowest BCUT2D eigenvalue weighted by atomic mass is 10.1. The number of halogens is 3. The average molecular weight is 350 g/mol. The minimum atomic E-state index is -0.515. The molecule has 1 fully saturated rings. The van der Waals surface area contributed by atoms with Crippen molar-refractivity contribution >= 4 is 45.0 Å². The van der Waals surface area contributed by atoms with Crippen LogP contribution in [0.4, 0.5) is 10.1 Å². The van der Waals surface area contributed by atoms with Crippen molar-refractivity contribution in [2.45, 2.75) is 6.42 Å². The fourth-order valence-corrected chi connectivity index (χ4v) is 2.58. The second kappa shape index (κ2) is 5.46. The Balaban J connectivity index is 2.12. The summed E-state index contributed by atoms with van der Waals surface area (Å²) in [7, 11) is 1.64. The summed E-state index contributed by atoms with van der Waals surface area (Å²) in [6.07, 6.45) is 0.166. The van der Waals surface area contributed by atoms with Crippen molar-refractivity contribution in [1.29, 1.82) is 0 Å². The van der Waals surface area contributed by atoms with Gasteiger partial charge in [0, 0.05) is 26.1 Å². The van der Waals surface area contributed by atoms with E-state index in [0.29, 0.717) is 6.54 Å². The third-order valence-electron chi connectivity index (χ3n) is 2.98. The fourth-order valence-electron chi connectivity index (χ4n) is 1.89. The number of rotatable bonds is 2. The highest BCUT2D eigenvalue weighted by Crippen LogP contribution is 2.29. The van der Waals surface area contributed by atoms with Gasteiger partial charge in [0.05, 0.1) is 21.1 Å². The summed E-state index contributed by atoms with van der Waals surface area (Å²) < 4.78 is 13.6. The standard InChI is InChI=1S/C12H11BrClFN2O2/c1-17-5-6(2-11(17)18)12(19)16-10-4-9(15)7(13)3-8(10)14/h3-4,6H,2,5H2,1H3,(H,16,19)/t6-/m0/s1. The molecule has 19 heavy (non-hydrogen) atoms. The van der Waals surface area contributed by atoms with E-state index in [1.165, 1.54) is 11.0 Å². The summed E-state index contributed by atoms with van der Waals surface area (Å²) in [5, 5.41) is 2.79. The molecule has 4 nitrogen and oxygen atoms in total. The van der Waals surface area contributed by atoms with Gasteiger partial charge in [-0.3, -0.25) is 9.59 Å². The van der Waals surface area contributed by atoms with Gasteiger partial charge in [-0.05, 0) is 22.0 Å². The highest BCUT2D eigenvalue weighted by molar-refractivity contribution is 9.10. The summed E-state index contributed by atoms with van der Waals surface area (Å²) in [4.78, 5) is 24.8. The number of anilines is 1. The van der Waals surface area contributed by atoms with E-state index < -0.39 is 11.7 Å². The van der Waals surface area contributed by atoms with Crippen LogP contribution < -0.4 is 5.32 Å². The summed E-state index contributed by atoms with van der Waals surface area (Å²) in [5.41, 5.74) is 0.203. The molecule has 2 rings (SSSR count). The summed E-state index contributed by atoms with van der Waals surface area (Å²) in [6, 6.07) is 2.52. The van der Waals surface area contributed by atoms with Crippen LogP contribution in [0.15, 0.2) is 16.6 Å². The molecule has 1 aromatic carbocycles. The van der Waals surface area contributed by atoms with Crippen molar-refractivity contribution in [3.05, 3.63) is 27.4 Å². The zero-order valence-electron chi connectivity index (χ0n) is 10.0. The number of carbonyl (C=O) groups excluding carboxylic acids is 2. The molecule has 2 amide bonds. The molecule has 1 aliphatic heterocycles. The van der Waals surface area contributed by atoms with E-state index in [9.17, 15) is 14.0 Å². The lowest BCUT2D eigenvalue weighted by Gasteiger charge is -2.12. The van der Waals surface area contributed by atoms with E-state index in [1.54, 1.807) is 7.05 Å². The Bertz CT molecular complexity index is 553. The van der Waals surface area contributed by atoms with Gasteiger partial charge in [0.25, 0.3) is 0 Å². The maximum atomic E-state index is 13.4. The number of hydrogen-bond donors (Lipinski definition) is 1. The SMILES string of the molecule is CN1C[C@@H](C(=O)Nc2cc(F)c(Br)cc2Cl)CC1=O. The van der Waals surface area contributed by atoms with Crippen LogP contribution in [0.5, 0.6) is 0 Å². The van der Waals surface area contributed by atoms with Gasteiger partial charge >= 0.3 is 0 Å². The van der Waals surface area contributed by atoms with E-state index in [1.807, 2.05) is 0 Å². The minimum Gasteiger partial charge on any atom is -0.345 e. The number of carbonyl (C=O) groups is 2. The molecule has 1 saturated heterocycles. The molecular formula is C12H11BrClFN2O2. The normalized spacial score (nSPS) is 18.8. The van der Waals surface area contributed by atoms with Crippen molar-refractivity contribution in [2.75, 3.05) is 18.9 Å². The Labute approximate surface area is 123 Å². The molecule has 1 aromatic rings. The van der Waals surface area contributed by atoms with E-state index in [0.717, 1.165) is 6.07 Å². The van der Waals surface area contributed by atoms with Gasteiger partial charge in [0.1, 0.15) is 5.82 Å². The van der Waals surface area contributed by atoms with Gasteiger partial charge in [-0.25, -0.2) is 4.39 Å². The van der Waals surface area contributed by atoms with Gasteiger partial charge in [0.15, 0.2) is 0 Å². The van der Waals surface area contributed by atoms with Crippen molar-refractivity contribution in [1.82, 2.24) is 4.90 Å². The van der Waals surface area contributed by atoms with Crippen molar-refractivity contribution < 1.29 is 14.0 Å². The number of nitrogens with one attached hydrogen (secondary N) is 1. The molecule has 0 aliphatic carbocycles. The molecule has 0 radical (unpaired) electrons. The molecule has 0 spiro atoms. The molecule has 1 atom stereocenters. The molecule has 0 aromatic heterocycles. The van der Waals surface area contributed by atoms with E-state index in [-0.39, 0.29) is 33.4 Å². The highest BCUT2D eigenvalue weighted by atomic mass is 79.9. The Morgan fingerprint density at radius 1 is 1.58 bits per heavy atom. The fraction of sp³-hybridized carbons (Fsp3) is 0.333. The van der Waals surface area contributed by atoms with Gasteiger partial charge < -0.3 is 10.2 Å². The first-order valence-electron chi connectivity index (χ1n) is 5.58. The topological polar surface area (TPSA) is 49.4 Å². The predicted molar refractivity (Wildman–Crippen MR) is 73.5 cm³/mol. The largest absolute Gasteiger partial charge is 0.345 e. The first-order chi connectivity index (χ1) is 8.88. The Morgan fingerprint density at radius 3 is 2.84 bits per heavy atom. The number of nitrogens with zero attached hydrogens (tertiary/aromatic N) is 1. The second-order valence-corrected chi connectivity index (χ2v) is 5.67. The quantitative estimate of drug-likeness (QED) is 0.835. The molecule has 7 heteroatoms. The molecule has 0 saturated carbocycles. The number of hydrogen-bond acceptors (Lipinski definition) is 2. The second-order valence-electron chi connectivity index (χ2n) is 4.41. The van der Waals surface area contributed by atoms with Crippen LogP contribution in [-0.2, 0) is 9.59 Å². The van der Waals surface area contributed by atoms with Crippen molar-refractivity contribution in [3.8, 4) is 0 Å². The number of likely N-dealkylation sites (tertiary alicyclic amines) is 1. The van der Waals surface area contributed by atoms with E-state index in [2.05, 4.69) is 21.2 Å². The summed E-state index contributed by atoms with van der Waals surface area (Å²) in [5.74, 6) is -1.35. The molecule has 102 valence electrons. The zero-order valence-corrected chi connectivity index (χ0v) is 12.4. The van der Waals surface area contributed by atoms with Crippen LogP contribution in [0.2, 0.25) is 5.02 Å². The first-order valence-corrected chi connectivity index (χ1v) is 6.75. The minimum absolute atomic E-state index is 0.0757. The maximum Gasteiger partial charge on any atom is 0.229 e. The molecule has 0 bridgehead atoms. The highest BCUT2D eigenvalue weighted by Gasteiger charge is 2.32. The molecule has 1 N–H and O–H groups in total. The van der Waals surface area contributed by atoms with Gasteiger partial charge in [-0.2, -0.15) is 0 Å². The smallest absolute Gasteiger partial charge is 0.229 e. The van der Waals surface area contributed by atoms with Crippen molar-refractivity contribution in [3.63, 3.8) is 0 Å². The van der Waals surface area contributed by atoms with Crippen LogP contribution in [-0.4, -0.2) is 30.3 Å². The zero-order chi connectivity index (χ0) is 14.2. The Morgan fingerprint density at radius 2 is 2.26 bits per heavy atom. The number of benzene rings is 1. The molecular weight excluding hydrogens is 338 g/mol. The van der Waals surface area contributed by atoms with Crippen LogP contribution in [0, 0.1) is 11.7 Å². The lowest BCUT2D eigenvalue weighted by molar-refractivity contribution is -0.127. The van der Waals surface area contributed by atoms with Crippen LogP contribution in [0.1, 0.15) is 6.42 Å². The lowest BCUT2D eigenvalue weighted by Crippen LogP contribution is -2.25. The summed E-state index contributed by atoms with van der Waals surface area (Å²) in [6.45, 7) is 0.362. The van der Waals surface area contributed by atoms with Crippen LogP contribution in [0.3, 0.4) is 0 Å². The van der Waals surface area contributed by atoms with Crippen LogP contribution >= 0.6 is 27.5 Å². The van der Waals surface area contributed by atoms with E-state index in [4.69, 9.17) is 11.6 Å². The Hall–Kier alpha value is -1.14. The van der Waals surface area contributed by atoms with Crippen molar-refractivity contribution in [2.24, 2.45) is 5.92 Å². The third kappa shape index (κ3) is 3.06. The monoisotopic (exact) mass is 348 g/mol. The molecule has 1 heterocycles. The average Bonchev–Trinajstić information content (AvgIpc) is 2.67. The van der Waals surface area contributed by atoms with Gasteiger partial charge in [0.2, 0.25) is 11.8 Å². The molecule has 0 unspecified atom stereocenters. The van der Waals surface area contributed by atoms with E-state index >= 15 is 0 Å². The predicted octanol–water partition coefficient (Wildman–Crippen LogP) is 2.66. The maximum absolute atomic E-state index is 13.4. The third-order valence-corrected chi connectivity index (χ3v) is 3.90. The number of amides is 2. The Kier molecular flexibility index (Phi) is 4.10. The van der Waals surface area contributed by atoms with Gasteiger partial charge in [-0.1, -0.05) is 11.6 Å².